The van der Waals surface area contributed by atoms with Crippen LogP contribution in [0.4, 0.5) is 10.8 Å². The highest BCUT2D eigenvalue weighted by atomic mass is 32.2. The molecule has 1 aliphatic rings. The molecule has 4 rings (SSSR count). The van der Waals surface area contributed by atoms with E-state index in [4.69, 9.17) is 0 Å². The molecule has 31 heavy (non-hydrogen) atoms. The minimum Gasteiger partial charge on any atom is -0.348 e. The number of benzene rings is 1. The molecular formula is C22H27N5O2S2. The van der Waals surface area contributed by atoms with Crippen LogP contribution in [0.15, 0.2) is 28.2 Å². The Bertz CT molecular complexity index is 1160. The first kappa shape index (κ1) is 21.8. The second-order valence-corrected chi connectivity index (χ2v) is 10.1. The number of carbonyl (C=O) groups excluding carboxylic acids is 1. The number of thioether (sulfide) groups is 1. The molecule has 3 heterocycles. The molecule has 0 atom stereocenters. The van der Waals surface area contributed by atoms with E-state index in [0.717, 1.165) is 47.9 Å². The predicted molar refractivity (Wildman–Crippen MR) is 129 cm³/mol. The number of carbonyl (C=O) groups is 1. The Morgan fingerprint density at radius 1 is 1.16 bits per heavy atom. The van der Waals surface area contributed by atoms with E-state index in [1.165, 1.54) is 23.1 Å². The van der Waals surface area contributed by atoms with Crippen LogP contribution in [0.1, 0.15) is 43.9 Å². The van der Waals surface area contributed by atoms with Gasteiger partial charge in [0.25, 0.3) is 5.56 Å². The molecule has 7 nitrogen and oxygen atoms in total. The van der Waals surface area contributed by atoms with Crippen molar-refractivity contribution in [3.63, 3.8) is 0 Å². The number of hydrogen-bond acceptors (Lipinski definition) is 7. The second kappa shape index (κ2) is 9.00. The lowest BCUT2D eigenvalue weighted by Crippen LogP contribution is -2.25. The Kier molecular flexibility index (Phi) is 6.34. The molecule has 1 N–H and O–H groups in total. The van der Waals surface area contributed by atoms with Gasteiger partial charge >= 0.3 is 0 Å². The number of aryl methyl sites for hydroxylation is 2. The van der Waals surface area contributed by atoms with Gasteiger partial charge in [-0.25, -0.2) is 4.98 Å². The summed E-state index contributed by atoms with van der Waals surface area (Å²) in [6.45, 7) is 9.86. The number of nitrogens with zero attached hydrogens (tertiary/aromatic N) is 4. The van der Waals surface area contributed by atoms with Crippen LogP contribution in [0.2, 0.25) is 0 Å². The molecule has 164 valence electrons. The lowest BCUT2D eigenvalue weighted by atomic mass is 10.1. The first-order valence-corrected chi connectivity index (χ1v) is 12.3. The van der Waals surface area contributed by atoms with Crippen LogP contribution < -0.4 is 15.8 Å². The molecule has 9 heteroatoms. The quantitative estimate of drug-likeness (QED) is 0.437. The van der Waals surface area contributed by atoms with E-state index < -0.39 is 0 Å². The number of rotatable bonds is 6. The van der Waals surface area contributed by atoms with Gasteiger partial charge in [0.2, 0.25) is 5.91 Å². The van der Waals surface area contributed by atoms with Crippen LogP contribution in [0, 0.1) is 13.8 Å². The average molecular weight is 458 g/mol. The van der Waals surface area contributed by atoms with E-state index in [-0.39, 0.29) is 23.3 Å². The predicted octanol–water partition coefficient (Wildman–Crippen LogP) is 4.38. The SMILES string of the molecule is Cc1cc(C)cc(NC(=O)CSc2nc3nc(N4CCCC4)sc3c(=O)n2C(C)C)c1. The highest BCUT2D eigenvalue weighted by Gasteiger charge is 2.22. The largest absolute Gasteiger partial charge is 0.348 e. The Morgan fingerprint density at radius 3 is 2.48 bits per heavy atom. The molecule has 1 amide bonds. The van der Waals surface area contributed by atoms with Crippen molar-refractivity contribution in [1.29, 1.82) is 0 Å². The summed E-state index contributed by atoms with van der Waals surface area (Å²) in [6, 6.07) is 5.89. The van der Waals surface area contributed by atoms with Crippen LogP contribution >= 0.6 is 23.1 Å². The summed E-state index contributed by atoms with van der Waals surface area (Å²) < 4.78 is 2.25. The molecule has 1 fully saturated rings. The highest BCUT2D eigenvalue weighted by Crippen LogP contribution is 2.30. The molecule has 0 unspecified atom stereocenters. The van der Waals surface area contributed by atoms with Gasteiger partial charge < -0.3 is 10.2 Å². The molecule has 0 saturated carbocycles. The third-order valence-electron chi connectivity index (χ3n) is 5.15. The van der Waals surface area contributed by atoms with Gasteiger partial charge in [0.1, 0.15) is 4.70 Å². The van der Waals surface area contributed by atoms with Gasteiger partial charge in [-0.05, 0) is 63.8 Å². The number of aromatic nitrogens is 3. The molecule has 0 spiro atoms. The molecule has 0 aliphatic carbocycles. The number of thiazole rings is 1. The minimum absolute atomic E-state index is 0.0632. The van der Waals surface area contributed by atoms with Crippen molar-refractivity contribution < 1.29 is 4.79 Å². The number of amides is 1. The summed E-state index contributed by atoms with van der Waals surface area (Å²) in [4.78, 5) is 37.3. The van der Waals surface area contributed by atoms with E-state index in [1.807, 2.05) is 39.8 Å². The lowest BCUT2D eigenvalue weighted by molar-refractivity contribution is -0.113. The first-order chi connectivity index (χ1) is 14.8. The zero-order valence-electron chi connectivity index (χ0n) is 18.3. The smallest absolute Gasteiger partial charge is 0.274 e. The van der Waals surface area contributed by atoms with Crippen molar-refractivity contribution in [3.05, 3.63) is 39.7 Å². The Balaban J connectivity index is 1.57. The zero-order valence-corrected chi connectivity index (χ0v) is 19.9. The molecule has 2 aromatic heterocycles. The van der Waals surface area contributed by atoms with Crippen LogP contribution in [-0.2, 0) is 4.79 Å². The topological polar surface area (TPSA) is 80.1 Å². The summed E-state index contributed by atoms with van der Waals surface area (Å²) in [5.41, 5.74) is 3.37. The van der Waals surface area contributed by atoms with Crippen molar-refractivity contribution in [2.45, 2.75) is 51.7 Å². The van der Waals surface area contributed by atoms with Crippen LogP contribution in [0.25, 0.3) is 10.3 Å². The summed E-state index contributed by atoms with van der Waals surface area (Å²) in [7, 11) is 0. The first-order valence-electron chi connectivity index (χ1n) is 10.5. The summed E-state index contributed by atoms with van der Waals surface area (Å²) >= 11 is 2.69. The van der Waals surface area contributed by atoms with Gasteiger partial charge in [0.05, 0.1) is 5.75 Å². The monoisotopic (exact) mass is 457 g/mol. The van der Waals surface area contributed by atoms with Gasteiger partial charge in [0.15, 0.2) is 15.9 Å². The standard InChI is InChI=1S/C22H27N5O2S2/c1-13(2)27-20(29)18-19(24-21(31-18)26-7-5-6-8-26)25-22(27)30-12-17(28)23-16-10-14(3)9-15(4)11-16/h9-11,13H,5-8,12H2,1-4H3,(H,23,28). The summed E-state index contributed by atoms with van der Waals surface area (Å²) in [5.74, 6) is 0.0384. The van der Waals surface area contributed by atoms with Crippen LogP contribution in [-0.4, -0.2) is 39.3 Å². The van der Waals surface area contributed by atoms with Gasteiger partial charge in [-0.1, -0.05) is 29.2 Å². The Hall–Kier alpha value is -2.39. The van der Waals surface area contributed by atoms with E-state index in [9.17, 15) is 9.59 Å². The van der Waals surface area contributed by atoms with Gasteiger partial charge in [-0.15, -0.1) is 0 Å². The minimum atomic E-state index is -0.129. The molecule has 1 aliphatic heterocycles. The maximum atomic E-state index is 13.2. The van der Waals surface area contributed by atoms with Crippen molar-refractivity contribution in [1.82, 2.24) is 14.5 Å². The van der Waals surface area contributed by atoms with E-state index in [1.54, 1.807) is 4.57 Å². The van der Waals surface area contributed by atoms with Crippen LogP contribution in [0.3, 0.4) is 0 Å². The number of nitrogens with one attached hydrogen (secondary N) is 1. The second-order valence-electron chi connectivity index (χ2n) is 8.22. The van der Waals surface area contributed by atoms with Gasteiger partial charge in [-0.3, -0.25) is 14.2 Å². The molecule has 1 aromatic carbocycles. The average Bonchev–Trinajstić information content (AvgIpc) is 3.35. The Morgan fingerprint density at radius 2 is 1.84 bits per heavy atom. The maximum Gasteiger partial charge on any atom is 0.274 e. The number of anilines is 2. The van der Waals surface area contributed by atoms with E-state index >= 15 is 0 Å². The van der Waals surface area contributed by atoms with Crippen molar-refractivity contribution in [2.75, 3.05) is 29.1 Å². The highest BCUT2D eigenvalue weighted by molar-refractivity contribution is 7.99. The lowest BCUT2D eigenvalue weighted by Gasteiger charge is -2.14. The molecular weight excluding hydrogens is 430 g/mol. The molecule has 0 bridgehead atoms. The maximum absolute atomic E-state index is 13.2. The third-order valence-corrected chi connectivity index (χ3v) is 7.20. The van der Waals surface area contributed by atoms with Crippen LogP contribution in [0.5, 0.6) is 0 Å². The van der Waals surface area contributed by atoms with Crippen molar-refractivity contribution in [2.24, 2.45) is 0 Å². The number of hydrogen-bond donors (Lipinski definition) is 1. The normalized spacial score (nSPS) is 14.0. The third kappa shape index (κ3) is 4.77. The van der Waals surface area contributed by atoms with Gasteiger partial charge in [0, 0.05) is 24.8 Å². The zero-order chi connectivity index (χ0) is 22.1. The van der Waals surface area contributed by atoms with E-state index in [0.29, 0.717) is 15.5 Å². The molecule has 1 saturated heterocycles. The molecule has 3 aromatic rings. The fourth-order valence-corrected chi connectivity index (χ4v) is 5.74. The fraction of sp³-hybridized carbons (Fsp3) is 0.455. The summed E-state index contributed by atoms with van der Waals surface area (Å²) in [5, 5.41) is 4.33. The molecule has 0 radical (unpaired) electrons. The fourth-order valence-electron chi connectivity index (χ4n) is 3.83. The van der Waals surface area contributed by atoms with Gasteiger partial charge in [-0.2, -0.15) is 4.98 Å². The summed E-state index contributed by atoms with van der Waals surface area (Å²) in [6.07, 6.45) is 2.30. The van der Waals surface area contributed by atoms with Crippen molar-refractivity contribution >= 4 is 50.2 Å². The van der Waals surface area contributed by atoms with Crippen molar-refractivity contribution in [3.8, 4) is 0 Å². The Labute approximate surface area is 189 Å². The number of fused-ring (bicyclic) bond motifs is 1. The van der Waals surface area contributed by atoms with E-state index in [2.05, 4.69) is 26.3 Å².